The van der Waals surface area contributed by atoms with Crippen LogP contribution in [0, 0.1) is 6.92 Å². The normalized spacial score (nSPS) is 16.5. The molecule has 0 unspecified atom stereocenters. The van der Waals surface area contributed by atoms with Crippen LogP contribution in [0.25, 0.3) is 0 Å². The summed E-state index contributed by atoms with van der Waals surface area (Å²) in [5, 5.41) is 1.79. The van der Waals surface area contributed by atoms with Crippen LogP contribution in [0.3, 0.4) is 0 Å². The van der Waals surface area contributed by atoms with Crippen molar-refractivity contribution in [2.24, 2.45) is 0 Å². The van der Waals surface area contributed by atoms with E-state index in [1.807, 2.05) is 19.1 Å². The Morgan fingerprint density at radius 3 is 2.48 bits per heavy atom. The Balaban J connectivity index is 1.76. The van der Waals surface area contributed by atoms with Gasteiger partial charge in [-0.25, -0.2) is 8.42 Å². The molecule has 2 aromatic rings. The van der Waals surface area contributed by atoms with Crippen molar-refractivity contribution in [3.05, 3.63) is 41.3 Å². The van der Waals surface area contributed by atoms with Crippen LogP contribution in [0.15, 0.2) is 39.9 Å². The molecule has 0 radical (unpaired) electrons. The van der Waals surface area contributed by atoms with Crippen molar-refractivity contribution in [2.45, 2.75) is 11.1 Å². The van der Waals surface area contributed by atoms with Gasteiger partial charge in [-0.15, -0.1) is 11.3 Å². The van der Waals surface area contributed by atoms with Gasteiger partial charge in [0.05, 0.1) is 12.8 Å². The molecule has 0 amide bonds. The van der Waals surface area contributed by atoms with Gasteiger partial charge >= 0.3 is 0 Å². The fourth-order valence-corrected chi connectivity index (χ4v) is 5.32. The standard InChI is InChI=1S/C16H20N2O3S2/c1-13-5-6-15(21-2)14(12-13)17-7-9-18(10-8-17)23(19,20)16-4-3-11-22-16/h3-6,11-12H,7-10H2,1-2H3. The first-order chi connectivity index (χ1) is 11.0. The predicted molar refractivity (Wildman–Crippen MR) is 93.0 cm³/mol. The number of methoxy groups -OCH3 is 1. The number of hydrogen-bond acceptors (Lipinski definition) is 5. The maximum Gasteiger partial charge on any atom is 0.252 e. The van der Waals surface area contributed by atoms with Crippen molar-refractivity contribution in [3.63, 3.8) is 0 Å². The van der Waals surface area contributed by atoms with Crippen LogP contribution >= 0.6 is 11.3 Å². The summed E-state index contributed by atoms with van der Waals surface area (Å²) in [6, 6.07) is 9.49. The topological polar surface area (TPSA) is 49.9 Å². The lowest BCUT2D eigenvalue weighted by atomic mass is 10.1. The third-order valence-corrected chi connectivity index (χ3v) is 7.27. The lowest BCUT2D eigenvalue weighted by Crippen LogP contribution is -2.48. The average molecular weight is 352 g/mol. The smallest absolute Gasteiger partial charge is 0.252 e. The van der Waals surface area contributed by atoms with Crippen molar-refractivity contribution in [1.29, 1.82) is 0 Å². The Bertz CT molecular complexity index is 765. The molecule has 1 fully saturated rings. The van der Waals surface area contributed by atoms with Crippen molar-refractivity contribution in [1.82, 2.24) is 4.31 Å². The van der Waals surface area contributed by atoms with E-state index in [0.29, 0.717) is 30.4 Å². The molecule has 1 saturated heterocycles. The fourth-order valence-electron chi connectivity index (χ4n) is 2.75. The lowest BCUT2D eigenvalue weighted by Gasteiger charge is -2.35. The van der Waals surface area contributed by atoms with E-state index >= 15 is 0 Å². The first-order valence-electron chi connectivity index (χ1n) is 7.45. The fraction of sp³-hybridized carbons (Fsp3) is 0.375. The van der Waals surface area contributed by atoms with Gasteiger partial charge in [0.25, 0.3) is 10.0 Å². The van der Waals surface area contributed by atoms with Gasteiger partial charge in [0, 0.05) is 26.2 Å². The molecule has 1 aromatic heterocycles. The number of anilines is 1. The highest BCUT2D eigenvalue weighted by Gasteiger charge is 2.29. The van der Waals surface area contributed by atoms with Gasteiger partial charge in [-0.2, -0.15) is 4.31 Å². The number of thiophene rings is 1. The van der Waals surface area contributed by atoms with Crippen LogP contribution in [0.2, 0.25) is 0 Å². The molecule has 0 N–H and O–H groups in total. The minimum atomic E-state index is -3.35. The van der Waals surface area contributed by atoms with E-state index < -0.39 is 10.0 Å². The average Bonchev–Trinajstić information content (AvgIpc) is 3.10. The highest BCUT2D eigenvalue weighted by molar-refractivity contribution is 7.91. The Kier molecular flexibility index (Phi) is 4.61. The third kappa shape index (κ3) is 3.22. The van der Waals surface area contributed by atoms with E-state index in [9.17, 15) is 8.42 Å². The van der Waals surface area contributed by atoms with Crippen LogP contribution in [-0.2, 0) is 10.0 Å². The summed E-state index contributed by atoms with van der Waals surface area (Å²) in [7, 11) is -1.70. The predicted octanol–water partition coefficient (Wildman–Crippen LogP) is 2.58. The first-order valence-corrected chi connectivity index (χ1v) is 9.77. The molecular formula is C16H20N2O3S2. The number of nitrogens with zero attached hydrogens (tertiary/aromatic N) is 2. The molecule has 23 heavy (non-hydrogen) atoms. The lowest BCUT2D eigenvalue weighted by molar-refractivity contribution is 0.379. The number of hydrogen-bond donors (Lipinski definition) is 0. The molecule has 124 valence electrons. The third-order valence-electron chi connectivity index (χ3n) is 4.00. The quantitative estimate of drug-likeness (QED) is 0.849. The van der Waals surface area contributed by atoms with Gasteiger partial charge < -0.3 is 9.64 Å². The number of benzene rings is 1. The Morgan fingerprint density at radius 1 is 1.13 bits per heavy atom. The Morgan fingerprint density at radius 2 is 1.87 bits per heavy atom. The van der Waals surface area contributed by atoms with Gasteiger partial charge in [0.2, 0.25) is 0 Å². The minimum absolute atomic E-state index is 0.416. The van der Waals surface area contributed by atoms with E-state index in [1.165, 1.54) is 11.3 Å². The molecular weight excluding hydrogens is 332 g/mol. The number of ether oxygens (including phenoxy) is 1. The van der Waals surface area contributed by atoms with Crippen molar-refractivity contribution in [3.8, 4) is 5.75 Å². The zero-order valence-electron chi connectivity index (χ0n) is 13.2. The molecule has 3 rings (SSSR count). The van der Waals surface area contributed by atoms with Crippen LogP contribution in [0.1, 0.15) is 5.56 Å². The molecule has 1 aliphatic rings. The molecule has 0 spiro atoms. The number of piperazine rings is 1. The van der Waals surface area contributed by atoms with Crippen LogP contribution in [-0.4, -0.2) is 46.0 Å². The van der Waals surface area contributed by atoms with E-state index in [0.717, 1.165) is 17.0 Å². The zero-order valence-corrected chi connectivity index (χ0v) is 14.9. The van der Waals surface area contributed by atoms with Gasteiger partial charge in [-0.05, 0) is 36.1 Å². The van der Waals surface area contributed by atoms with Crippen molar-refractivity contribution < 1.29 is 13.2 Å². The van der Waals surface area contributed by atoms with Crippen LogP contribution in [0.4, 0.5) is 5.69 Å². The molecule has 2 heterocycles. The monoisotopic (exact) mass is 352 g/mol. The molecule has 1 aromatic carbocycles. The SMILES string of the molecule is COc1ccc(C)cc1N1CCN(S(=O)(=O)c2cccs2)CC1. The second-order valence-corrected chi connectivity index (χ2v) is 8.61. The summed E-state index contributed by atoms with van der Waals surface area (Å²) in [5.41, 5.74) is 2.19. The van der Waals surface area contributed by atoms with Crippen molar-refractivity contribution in [2.75, 3.05) is 38.2 Å². The largest absolute Gasteiger partial charge is 0.495 e. The summed E-state index contributed by atoms with van der Waals surface area (Å²) in [5.74, 6) is 0.824. The van der Waals surface area contributed by atoms with Gasteiger partial charge in [0.1, 0.15) is 9.96 Å². The van der Waals surface area contributed by atoms with Crippen molar-refractivity contribution >= 4 is 27.0 Å². The van der Waals surface area contributed by atoms with Crippen LogP contribution < -0.4 is 9.64 Å². The van der Waals surface area contributed by atoms with Gasteiger partial charge in [0.15, 0.2) is 0 Å². The zero-order chi connectivity index (χ0) is 16.4. The highest BCUT2D eigenvalue weighted by Crippen LogP contribution is 2.31. The second kappa shape index (κ2) is 6.51. The molecule has 0 atom stereocenters. The Hall–Kier alpha value is -1.57. The number of rotatable bonds is 4. The van der Waals surface area contributed by atoms with E-state index in [4.69, 9.17) is 4.74 Å². The summed E-state index contributed by atoms with van der Waals surface area (Å²) in [4.78, 5) is 2.19. The Labute approximate surface area is 141 Å². The molecule has 7 heteroatoms. The van der Waals surface area contributed by atoms with Gasteiger partial charge in [-0.1, -0.05) is 12.1 Å². The maximum absolute atomic E-state index is 12.6. The molecule has 1 aliphatic heterocycles. The minimum Gasteiger partial charge on any atom is -0.495 e. The molecule has 0 bridgehead atoms. The van der Waals surface area contributed by atoms with E-state index in [-0.39, 0.29) is 0 Å². The molecule has 0 aliphatic carbocycles. The molecule has 5 nitrogen and oxygen atoms in total. The maximum atomic E-state index is 12.6. The second-order valence-electron chi connectivity index (χ2n) is 5.50. The first kappa shape index (κ1) is 16.3. The van der Waals surface area contributed by atoms with E-state index in [2.05, 4.69) is 11.0 Å². The number of aryl methyl sites for hydroxylation is 1. The van der Waals surface area contributed by atoms with Gasteiger partial charge in [-0.3, -0.25) is 0 Å². The summed E-state index contributed by atoms with van der Waals surface area (Å²) >= 11 is 1.27. The van der Waals surface area contributed by atoms with Crippen LogP contribution in [0.5, 0.6) is 5.75 Å². The molecule has 0 saturated carbocycles. The summed E-state index contributed by atoms with van der Waals surface area (Å²) < 4.78 is 32.5. The summed E-state index contributed by atoms with van der Waals surface area (Å²) in [6.07, 6.45) is 0. The summed E-state index contributed by atoms with van der Waals surface area (Å²) in [6.45, 7) is 4.32. The number of sulfonamides is 1. The highest BCUT2D eigenvalue weighted by atomic mass is 32.2. The van der Waals surface area contributed by atoms with E-state index in [1.54, 1.807) is 28.9 Å².